The number of hydrogen-bond acceptors (Lipinski definition) is 3. The van der Waals surface area contributed by atoms with Crippen molar-refractivity contribution in [3.63, 3.8) is 0 Å². The van der Waals surface area contributed by atoms with Crippen molar-refractivity contribution < 1.29 is 8.42 Å². The standard InChI is InChI=1S/C12H18Br2N2O2S/c1-4-9(5-2)16(3)19(17,18)12-10(13)6-8(15)7-11(12)14/h6-7,9H,4-5,15H2,1-3H3. The Balaban J connectivity index is 3.36. The first-order valence-corrected chi connectivity index (χ1v) is 9.00. The van der Waals surface area contributed by atoms with E-state index in [4.69, 9.17) is 5.73 Å². The van der Waals surface area contributed by atoms with E-state index in [0.717, 1.165) is 12.8 Å². The number of sulfonamides is 1. The van der Waals surface area contributed by atoms with Crippen LogP contribution in [0, 0.1) is 0 Å². The monoisotopic (exact) mass is 412 g/mol. The molecular weight excluding hydrogens is 396 g/mol. The third-order valence-corrected chi connectivity index (χ3v) is 6.90. The molecule has 0 spiro atoms. The summed E-state index contributed by atoms with van der Waals surface area (Å²) in [4.78, 5) is 0.219. The summed E-state index contributed by atoms with van der Waals surface area (Å²) in [5.41, 5.74) is 6.19. The van der Waals surface area contributed by atoms with Gasteiger partial charge >= 0.3 is 0 Å². The van der Waals surface area contributed by atoms with E-state index in [1.54, 1.807) is 19.2 Å². The Labute approximate surface area is 131 Å². The third kappa shape index (κ3) is 3.51. The van der Waals surface area contributed by atoms with Crippen LogP contribution in [0.15, 0.2) is 26.0 Å². The van der Waals surface area contributed by atoms with Crippen molar-refractivity contribution in [2.24, 2.45) is 0 Å². The van der Waals surface area contributed by atoms with Gasteiger partial charge in [-0.25, -0.2) is 8.42 Å². The number of halogens is 2. The summed E-state index contributed by atoms with van der Waals surface area (Å²) in [5, 5.41) is 0. The van der Waals surface area contributed by atoms with Crippen molar-refractivity contribution in [2.45, 2.75) is 37.6 Å². The molecule has 1 aromatic carbocycles. The van der Waals surface area contributed by atoms with Gasteiger partial charge in [0.05, 0.1) is 0 Å². The Morgan fingerprint density at radius 1 is 1.21 bits per heavy atom. The van der Waals surface area contributed by atoms with Crippen LogP contribution < -0.4 is 5.73 Å². The van der Waals surface area contributed by atoms with Crippen molar-refractivity contribution >= 4 is 47.6 Å². The van der Waals surface area contributed by atoms with E-state index in [0.29, 0.717) is 14.6 Å². The highest BCUT2D eigenvalue weighted by Gasteiger charge is 2.30. The summed E-state index contributed by atoms with van der Waals surface area (Å²) in [6, 6.07) is 3.18. The molecule has 0 aliphatic rings. The Bertz CT molecular complexity index is 534. The SMILES string of the molecule is CCC(CC)N(C)S(=O)(=O)c1c(Br)cc(N)cc1Br. The highest BCUT2D eigenvalue weighted by Crippen LogP contribution is 2.35. The molecule has 4 nitrogen and oxygen atoms in total. The van der Waals surface area contributed by atoms with Crippen LogP contribution in [0.25, 0.3) is 0 Å². The maximum Gasteiger partial charge on any atom is 0.245 e. The normalized spacial score (nSPS) is 12.4. The number of nitrogens with two attached hydrogens (primary N) is 1. The molecule has 0 atom stereocenters. The van der Waals surface area contributed by atoms with Crippen LogP contribution in [0.2, 0.25) is 0 Å². The fraction of sp³-hybridized carbons (Fsp3) is 0.500. The second-order valence-corrected chi connectivity index (χ2v) is 7.95. The van der Waals surface area contributed by atoms with Gasteiger partial charge in [-0.2, -0.15) is 4.31 Å². The summed E-state index contributed by atoms with van der Waals surface area (Å²) < 4.78 is 27.7. The molecule has 0 saturated carbocycles. The minimum Gasteiger partial charge on any atom is -0.399 e. The molecule has 108 valence electrons. The summed E-state index contributed by atoms with van der Waals surface area (Å²) >= 11 is 6.56. The predicted octanol–water partition coefficient (Wildman–Crippen LogP) is 3.60. The molecule has 1 rings (SSSR count). The highest BCUT2D eigenvalue weighted by molar-refractivity contribution is 9.11. The largest absolute Gasteiger partial charge is 0.399 e. The fourth-order valence-corrected chi connectivity index (χ4v) is 6.01. The van der Waals surface area contributed by atoms with Gasteiger partial charge in [0, 0.05) is 27.7 Å². The second kappa shape index (κ2) is 6.56. The molecule has 0 fully saturated rings. The number of rotatable bonds is 5. The van der Waals surface area contributed by atoms with Gasteiger partial charge in [0.2, 0.25) is 10.0 Å². The smallest absolute Gasteiger partial charge is 0.245 e. The molecule has 0 aliphatic carbocycles. The van der Waals surface area contributed by atoms with Gasteiger partial charge in [-0.1, -0.05) is 13.8 Å². The minimum absolute atomic E-state index is 0.0126. The van der Waals surface area contributed by atoms with Gasteiger partial charge in [-0.3, -0.25) is 0 Å². The molecule has 0 aromatic heterocycles. The van der Waals surface area contributed by atoms with Crippen molar-refractivity contribution in [1.82, 2.24) is 4.31 Å². The summed E-state index contributed by atoms with van der Waals surface area (Å²) in [6.45, 7) is 3.96. The zero-order valence-electron chi connectivity index (χ0n) is 11.2. The molecule has 0 heterocycles. The lowest BCUT2D eigenvalue weighted by Crippen LogP contribution is -2.36. The molecule has 1 aromatic rings. The van der Waals surface area contributed by atoms with Gasteiger partial charge in [-0.05, 0) is 56.8 Å². The zero-order chi connectivity index (χ0) is 14.8. The third-order valence-electron chi connectivity index (χ3n) is 3.11. The number of hydrogen-bond donors (Lipinski definition) is 1. The van der Waals surface area contributed by atoms with E-state index in [1.165, 1.54) is 4.31 Å². The number of anilines is 1. The fourth-order valence-electron chi connectivity index (χ4n) is 1.97. The lowest BCUT2D eigenvalue weighted by atomic mass is 10.2. The molecule has 0 unspecified atom stereocenters. The molecule has 0 bridgehead atoms. The first-order chi connectivity index (χ1) is 8.75. The second-order valence-electron chi connectivity index (χ2n) is 4.31. The van der Waals surface area contributed by atoms with Crippen LogP contribution >= 0.6 is 31.9 Å². The number of benzene rings is 1. The quantitative estimate of drug-likeness (QED) is 0.750. The lowest BCUT2D eigenvalue weighted by molar-refractivity contribution is 0.349. The van der Waals surface area contributed by atoms with Crippen LogP contribution in [0.3, 0.4) is 0 Å². The van der Waals surface area contributed by atoms with E-state index in [1.807, 2.05) is 13.8 Å². The van der Waals surface area contributed by atoms with E-state index in [-0.39, 0.29) is 10.9 Å². The van der Waals surface area contributed by atoms with Crippen LogP contribution in [0.5, 0.6) is 0 Å². The highest BCUT2D eigenvalue weighted by atomic mass is 79.9. The maximum absolute atomic E-state index is 12.7. The first kappa shape index (κ1) is 16.9. The first-order valence-electron chi connectivity index (χ1n) is 5.98. The van der Waals surface area contributed by atoms with Crippen LogP contribution in [-0.2, 0) is 10.0 Å². The molecule has 0 aliphatic heterocycles. The molecule has 0 radical (unpaired) electrons. The van der Waals surface area contributed by atoms with Crippen LogP contribution in [-0.4, -0.2) is 25.8 Å². The van der Waals surface area contributed by atoms with E-state index in [2.05, 4.69) is 31.9 Å². The molecule has 0 amide bonds. The van der Waals surface area contributed by atoms with Crippen LogP contribution in [0.1, 0.15) is 26.7 Å². The van der Waals surface area contributed by atoms with E-state index >= 15 is 0 Å². The molecule has 7 heteroatoms. The minimum atomic E-state index is -3.56. The molecule has 2 N–H and O–H groups in total. The zero-order valence-corrected chi connectivity index (χ0v) is 15.1. The van der Waals surface area contributed by atoms with Crippen molar-refractivity contribution in [1.29, 1.82) is 0 Å². The predicted molar refractivity (Wildman–Crippen MR) is 85.6 cm³/mol. The lowest BCUT2D eigenvalue weighted by Gasteiger charge is -2.26. The maximum atomic E-state index is 12.7. The van der Waals surface area contributed by atoms with Crippen LogP contribution in [0.4, 0.5) is 5.69 Å². The van der Waals surface area contributed by atoms with Crippen molar-refractivity contribution in [3.05, 3.63) is 21.1 Å². The Hall–Kier alpha value is -0.110. The van der Waals surface area contributed by atoms with Crippen molar-refractivity contribution in [2.75, 3.05) is 12.8 Å². The Morgan fingerprint density at radius 2 is 1.63 bits per heavy atom. The molecular formula is C12H18Br2N2O2S. The molecule has 0 saturated heterocycles. The summed E-state index contributed by atoms with van der Waals surface area (Å²) in [6.07, 6.45) is 1.55. The van der Waals surface area contributed by atoms with Gasteiger partial charge in [0.25, 0.3) is 0 Å². The van der Waals surface area contributed by atoms with Gasteiger partial charge in [0.15, 0.2) is 0 Å². The topological polar surface area (TPSA) is 63.4 Å². The van der Waals surface area contributed by atoms with Crippen molar-refractivity contribution in [3.8, 4) is 0 Å². The van der Waals surface area contributed by atoms with E-state index < -0.39 is 10.0 Å². The summed E-state index contributed by atoms with van der Waals surface area (Å²) in [5.74, 6) is 0. The average Bonchev–Trinajstić information content (AvgIpc) is 2.28. The number of nitrogens with zero attached hydrogens (tertiary/aromatic N) is 1. The van der Waals surface area contributed by atoms with Gasteiger partial charge in [0.1, 0.15) is 4.90 Å². The Morgan fingerprint density at radius 3 is 2.00 bits per heavy atom. The van der Waals surface area contributed by atoms with E-state index in [9.17, 15) is 8.42 Å². The molecule has 19 heavy (non-hydrogen) atoms. The summed E-state index contributed by atoms with van der Waals surface area (Å²) in [7, 11) is -1.94. The van der Waals surface area contributed by atoms with Gasteiger partial charge < -0.3 is 5.73 Å². The average molecular weight is 414 g/mol. The Kier molecular flexibility index (Phi) is 5.85. The number of nitrogen functional groups attached to an aromatic ring is 1. The van der Waals surface area contributed by atoms with Gasteiger partial charge in [-0.15, -0.1) is 0 Å².